The molecular weight excluding hydrogens is 374 g/mol. The second kappa shape index (κ2) is 7.88. The number of likely N-dealkylation sites (tertiary alicyclic amines) is 1. The van der Waals surface area contributed by atoms with Crippen LogP contribution in [-0.4, -0.2) is 58.4 Å². The Bertz CT molecular complexity index is 943. The first-order valence-corrected chi connectivity index (χ1v) is 10.8. The van der Waals surface area contributed by atoms with Crippen LogP contribution in [0.5, 0.6) is 0 Å². The largest absolute Gasteiger partial charge is 0.327 e. The average Bonchev–Trinajstić information content (AvgIpc) is 2.91. The number of rotatable bonds is 4. The van der Waals surface area contributed by atoms with Crippen molar-refractivity contribution in [3.8, 4) is 11.1 Å². The van der Waals surface area contributed by atoms with Gasteiger partial charge < -0.3 is 4.90 Å². The van der Waals surface area contributed by atoms with Crippen LogP contribution in [0, 0.1) is 6.92 Å². The average molecular weight is 406 g/mol. The molecule has 0 unspecified atom stereocenters. The van der Waals surface area contributed by atoms with E-state index in [4.69, 9.17) is 0 Å². The normalized spacial score (nSPS) is 19.4. The van der Waals surface area contributed by atoms with E-state index >= 15 is 0 Å². The highest BCUT2D eigenvalue weighted by Gasteiger charge is 2.56. The van der Waals surface area contributed by atoms with Gasteiger partial charge in [0.15, 0.2) is 0 Å². The van der Waals surface area contributed by atoms with Gasteiger partial charge >= 0.3 is 6.03 Å². The molecule has 0 aliphatic carbocycles. The van der Waals surface area contributed by atoms with E-state index in [9.17, 15) is 9.59 Å². The SMILES string of the molecule is Cc1ccccc1-c1ccc(CN2CCC3(CC2)C(=O)N(C(C)C)C(=O)N3C)cc1. The molecule has 4 rings (SSSR count). The molecule has 158 valence electrons. The number of aryl methyl sites for hydroxylation is 1. The first-order valence-electron chi connectivity index (χ1n) is 10.8. The zero-order valence-electron chi connectivity index (χ0n) is 18.4. The van der Waals surface area contributed by atoms with Crippen LogP contribution >= 0.6 is 0 Å². The molecule has 2 saturated heterocycles. The van der Waals surface area contributed by atoms with E-state index < -0.39 is 5.54 Å². The van der Waals surface area contributed by atoms with Gasteiger partial charge in [-0.1, -0.05) is 48.5 Å². The Balaban J connectivity index is 1.41. The van der Waals surface area contributed by atoms with Gasteiger partial charge in [-0.15, -0.1) is 0 Å². The summed E-state index contributed by atoms with van der Waals surface area (Å²) in [7, 11) is 1.78. The van der Waals surface area contributed by atoms with E-state index in [1.807, 2.05) is 13.8 Å². The van der Waals surface area contributed by atoms with Gasteiger partial charge in [-0.3, -0.25) is 14.6 Å². The Kier molecular flexibility index (Phi) is 5.41. The highest BCUT2D eigenvalue weighted by molar-refractivity contribution is 6.07. The van der Waals surface area contributed by atoms with Crippen LogP contribution in [0.1, 0.15) is 37.8 Å². The lowest BCUT2D eigenvalue weighted by atomic mass is 9.86. The molecule has 30 heavy (non-hydrogen) atoms. The monoisotopic (exact) mass is 405 g/mol. The standard InChI is InChI=1S/C25H31N3O2/c1-18(2)28-23(29)25(26(4)24(28)30)13-15-27(16-14-25)17-20-9-11-21(12-10-20)22-8-6-5-7-19(22)3/h5-12,18H,13-17H2,1-4H3. The number of hydrogen-bond acceptors (Lipinski definition) is 3. The van der Waals surface area contributed by atoms with E-state index in [2.05, 4.69) is 60.4 Å². The van der Waals surface area contributed by atoms with Crippen LogP contribution in [0.4, 0.5) is 4.79 Å². The number of benzene rings is 2. The van der Waals surface area contributed by atoms with Crippen molar-refractivity contribution in [2.45, 2.75) is 51.7 Å². The smallest absolute Gasteiger partial charge is 0.312 e. The Labute approximate surface area is 179 Å². The van der Waals surface area contributed by atoms with Crippen LogP contribution < -0.4 is 0 Å². The lowest BCUT2D eigenvalue weighted by Gasteiger charge is -2.40. The van der Waals surface area contributed by atoms with Gasteiger partial charge in [0.1, 0.15) is 5.54 Å². The lowest BCUT2D eigenvalue weighted by molar-refractivity contribution is -0.136. The summed E-state index contributed by atoms with van der Waals surface area (Å²) in [5, 5.41) is 0. The summed E-state index contributed by atoms with van der Waals surface area (Å²) >= 11 is 0. The van der Waals surface area contributed by atoms with Crippen molar-refractivity contribution >= 4 is 11.9 Å². The van der Waals surface area contributed by atoms with Gasteiger partial charge in [-0.2, -0.15) is 0 Å². The van der Waals surface area contributed by atoms with Crippen molar-refractivity contribution in [1.82, 2.24) is 14.7 Å². The third-order valence-electron chi connectivity index (χ3n) is 6.77. The molecule has 0 atom stereocenters. The number of nitrogens with zero attached hydrogens (tertiary/aromatic N) is 3. The molecule has 0 radical (unpaired) electrons. The number of urea groups is 1. The minimum absolute atomic E-state index is 0.0211. The van der Waals surface area contributed by atoms with Crippen molar-refractivity contribution in [2.24, 2.45) is 0 Å². The van der Waals surface area contributed by atoms with Gasteiger partial charge in [-0.25, -0.2) is 4.79 Å². The van der Waals surface area contributed by atoms with Crippen LogP contribution in [0.3, 0.4) is 0 Å². The molecule has 5 heteroatoms. The second-order valence-corrected chi connectivity index (χ2v) is 8.93. The molecule has 5 nitrogen and oxygen atoms in total. The third kappa shape index (κ3) is 3.41. The summed E-state index contributed by atoms with van der Waals surface area (Å²) in [6.07, 6.45) is 1.39. The number of amides is 3. The summed E-state index contributed by atoms with van der Waals surface area (Å²) in [6, 6.07) is 17.0. The van der Waals surface area contributed by atoms with E-state index in [-0.39, 0.29) is 18.0 Å². The molecule has 2 aliphatic heterocycles. The zero-order valence-corrected chi connectivity index (χ0v) is 18.4. The first-order chi connectivity index (χ1) is 14.3. The summed E-state index contributed by atoms with van der Waals surface area (Å²) in [4.78, 5) is 31.1. The maximum atomic E-state index is 13.1. The molecule has 0 saturated carbocycles. The number of piperidine rings is 1. The molecule has 2 fully saturated rings. The topological polar surface area (TPSA) is 43.9 Å². The van der Waals surface area contributed by atoms with Crippen molar-refractivity contribution in [2.75, 3.05) is 20.1 Å². The molecule has 2 aromatic rings. The molecule has 0 N–H and O–H groups in total. The Morgan fingerprint density at radius 2 is 1.60 bits per heavy atom. The highest BCUT2D eigenvalue weighted by atomic mass is 16.2. The number of hydrogen-bond donors (Lipinski definition) is 0. The molecule has 0 bridgehead atoms. The number of carbonyl (C=O) groups is 2. The van der Waals surface area contributed by atoms with Crippen LogP contribution in [-0.2, 0) is 11.3 Å². The Morgan fingerprint density at radius 1 is 0.967 bits per heavy atom. The molecule has 3 amide bonds. The zero-order chi connectivity index (χ0) is 21.5. The van der Waals surface area contributed by atoms with Gasteiger partial charge in [-0.05, 0) is 55.9 Å². The molecular formula is C25H31N3O2. The molecule has 2 aromatic carbocycles. The molecule has 0 aromatic heterocycles. The van der Waals surface area contributed by atoms with Crippen LogP contribution in [0.2, 0.25) is 0 Å². The number of imide groups is 1. The Morgan fingerprint density at radius 3 is 2.17 bits per heavy atom. The van der Waals surface area contributed by atoms with Crippen LogP contribution in [0.15, 0.2) is 48.5 Å². The van der Waals surface area contributed by atoms with Gasteiger partial charge in [0, 0.05) is 32.7 Å². The fraction of sp³-hybridized carbons (Fsp3) is 0.440. The number of likely N-dealkylation sites (N-methyl/N-ethyl adjacent to an activating group) is 1. The first kappa shape index (κ1) is 20.6. The summed E-state index contributed by atoms with van der Waals surface area (Å²) < 4.78 is 0. The minimum Gasteiger partial charge on any atom is -0.312 e. The fourth-order valence-electron chi connectivity index (χ4n) is 4.83. The van der Waals surface area contributed by atoms with Crippen molar-refractivity contribution < 1.29 is 9.59 Å². The lowest BCUT2D eigenvalue weighted by Crippen LogP contribution is -2.55. The maximum Gasteiger partial charge on any atom is 0.327 e. The summed E-state index contributed by atoms with van der Waals surface area (Å²) in [5.74, 6) is -0.0211. The van der Waals surface area contributed by atoms with Crippen molar-refractivity contribution in [3.63, 3.8) is 0 Å². The van der Waals surface area contributed by atoms with E-state index in [0.717, 1.165) is 19.6 Å². The third-order valence-corrected chi connectivity index (χ3v) is 6.77. The number of carbonyl (C=O) groups excluding carboxylic acids is 2. The summed E-state index contributed by atoms with van der Waals surface area (Å²) in [6.45, 7) is 8.43. The Hall–Kier alpha value is -2.66. The summed E-state index contributed by atoms with van der Waals surface area (Å²) in [5.41, 5.74) is 4.40. The van der Waals surface area contributed by atoms with E-state index in [1.165, 1.54) is 27.2 Å². The van der Waals surface area contributed by atoms with Crippen LogP contribution in [0.25, 0.3) is 11.1 Å². The minimum atomic E-state index is -0.660. The molecule has 2 aliphatic rings. The predicted molar refractivity (Wildman–Crippen MR) is 119 cm³/mol. The fourth-order valence-corrected chi connectivity index (χ4v) is 4.83. The maximum absolute atomic E-state index is 13.1. The van der Waals surface area contributed by atoms with E-state index in [1.54, 1.807) is 11.9 Å². The van der Waals surface area contributed by atoms with Crippen molar-refractivity contribution in [3.05, 3.63) is 59.7 Å². The quantitative estimate of drug-likeness (QED) is 0.713. The molecule has 2 heterocycles. The van der Waals surface area contributed by atoms with Crippen molar-refractivity contribution in [1.29, 1.82) is 0 Å². The van der Waals surface area contributed by atoms with Gasteiger partial charge in [0.05, 0.1) is 0 Å². The van der Waals surface area contributed by atoms with E-state index in [0.29, 0.717) is 12.8 Å². The van der Waals surface area contributed by atoms with Gasteiger partial charge in [0.25, 0.3) is 5.91 Å². The van der Waals surface area contributed by atoms with Gasteiger partial charge in [0.2, 0.25) is 0 Å². The highest BCUT2D eigenvalue weighted by Crippen LogP contribution is 2.37. The predicted octanol–water partition coefficient (Wildman–Crippen LogP) is 4.30. The molecule has 1 spiro atoms. The second-order valence-electron chi connectivity index (χ2n) is 8.93.